The number of nitrogens with zero attached hydrogens (tertiary/aromatic N) is 3. The summed E-state index contributed by atoms with van der Waals surface area (Å²) in [4.78, 5) is 31.7. The monoisotopic (exact) mass is 408 g/mol. The van der Waals surface area contributed by atoms with Crippen molar-refractivity contribution in [1.29, 1.82) is 0 Å². The van der Waals surface area contributed by atoms with Crippen LogP contribution in [0.1, 0.15) is 41.8 Å². The lowest BCUT2D eigenvalue weighted by molar-refractivity contribution is 0.509. The second-order valence-electron chi connectivity index (χ2n) is 7.44. The van der Waals surface area contributed by atoms with E-state index in [1.165, 1.54) is 22.2 Å². The molecule has 0 aliphatic heterocycles. The fourth-order valence-electron chi connectivity index (χ4n) is 3.86. The van der Waals surface area contributed by atoms with Crippen LogP contribution in [-0.4, -0.2) is 19.9 Å². The molecule has 142 valence electrons. The minimum Gasteiger partial charge on any atom is -0.309 e. The predicted octanol–water partition coefficient (Wildman–Crippen LogP) is 4.91. The maximum absolute atomic E-state index is 12.4. The average Bonchev–Trinajstić information content (AvgIpc) is 3.06. The molecule has 3 heterocycles. The van der Waals surface area contributed by atoms with Gasteiger partial charge in [0.05, 0.1) is 16.2 Å². The van der Waals surface area contributed by atoms with Gasteiger partial charge in [0.25, 0.3) is 5.56 Å². The molecule has 7 heteroatoms. The Morgan fingerprint density at radius 2 is 2.14 bits per heavy atom. The van der Waals surface area contributed by atoms with Crippen molar-refractivity contribution in [2.75, 3.05) is 0 Å². The lowest BCUT2D eigenvalue weighted by Gasteiger charge is -2.18. The molecule has 1 aromatic carbocycles. The van der Waals surface area contributed by atoms with Crippen LogP contribution in [0, 0.1) is 5.92 Å². The van der Waals surface area contributed by atoms with Crippen LogP contribution in [0.25, 0.3) is 21.1 Å². The van der Waals surface area contributed by atoms with E-state index in [-0.39, 0.29) is 10.8 Å². The van der Waals surface area contributed by atoms with Crippen LogP contribution < -0.4 is 5.56 Å². The van der Waals surface area contributed by atoms with Crippen molar-refractivity contribution in [2.24, 2.45) is 5.92 Å². The summed E-state index contributed by atoms with van der Waals surface area (Å²) >= 11 is 3.45. The highest BCUT2D eigenvalue weighted by molar-refractivity contribution is 7.99. The first-order valence-electron chi connectivity index (χ1n) is 9.51. The molecule has 0 saturated heterocycles. The molecule has 4 aromatic rings. The summed E-state index contributed by atoms with van der Waals surface area (Å²) in [7, 11) is 0. The van der Waals surface area contributed by atoms with Gasteiger partial charge in [-0.2, -0.15) is 0 Å². The molecule has 0 radical (unpaired) electrons. The Labute approximate surface area is 170 Å². The minimum absolute atomic E-state index is 0.0199. The minimum atomic E-state index is -0.0946. The molecule has 0 fully saturated rings. The first kappa shape index (κ1) is 17.8. The summed E-state index contributed by atoms with van der Waals surface area (Å²) < 4.78 is 0. The Hall–Kier alpha value is -2.25. The molecule has 0 spiro atoms. The van der Waals surface area contributed by atoms with Crippen LogP contribution in [0.15, 0.2) is 40.4 Å². The van der Waals surface area contributed by atoms with E-state index in [1.807, 2.05) is 18.2 Å². The number of para-hydroxylation sites is 1. The van der Waals surface area contributed by atoms with Gasteiger partial charge in [0, 0.05) is 10.3 Å². The van der Waals surface area contributed by atoms with E-state index in [4.69, 9.17) is 0 Å². The highest BCUT2D eigenvalue weighted by atomic mass is 32.2. The molecule has 1 N–H and O–H groups in total. The van der Waals surface area contributed by atoms with E-state index in [0.29, 0.717) is 11.2 Å². The summed E-state index contributed by atoms with van der Waals surface area (Å²) in [6, 6.07) is 7.44. The van der Waals surface area contributed by atoms with E-state index < -0.39 is 0 Å². The third-order valence-corrected chi connectivity index (χ3v) is 7.63. The fourth-order valence-corrected chi connectivity index (χ4v) is 6.27. The topological polar surface area (TPSA) is 71.5 Å². The number of aryl methyl sites for hydroxylation is 1. The lowest BCUT2D eigenvalue weighted by atomic mass is 9.89. The molecule has 5 nitrogen and oxygen atoms in total. The molecule has 28 heavy (non-hydrogen) atoms. The number of nitrogens with one attached hydrogen (secondary N) is 1. The number of hydrogen-bond donors (Lipinski definition) is 1. The largest absolute Gasteiger partial charge is 0.309 e. The van der Waals surface area contributed by atoms with E-state index in [1.54, 1.807) is 35.5 Å². The van der Waals surface area contributed by atoms with Crippen LogP contribution in [0.5, 0.6) is 0 Å². The zero-order valence-electron chi connectivity index (χ0n) is 15.7. The second-order valence-corrected chi connectivity index (χ2v) is 9.85. The quantitative estimate of drug-likeness (QED) is 0.385. The van der Waals surface area contributed by atoms with Crippen molar-refractivity contribution in [2.45, 2.75) is 43.4 Å². The second kappa shape index (κ2) is 6.97. The lowest BCUT2D eigenvalue weighted by Crippen LogP contribution is -2.13. The first-order chi connectivity index (χ1) is 13.6. The van der Waals surface area contributed by atoms with Gasteiger partial charge in [0.1, 0.15) is 22.0 Å². The van der Waals surface area contributed by atoms with Crippen LogP contribution >= 0.6 is 23.1 Å². The number of aromatic amines is 1. The SMILES string of the molecule is C[C@@H]1CCc2c(sc3ncnc(S[C@H](C)c4nc5ccccc5c(=O)[nH]4)c23)C1. The standard InChI is InChI=1S/C21H20N4OS2/c1-11-7-8-14-16(9-11)28-21-17(14)20(22-10-23-21)27-12(2)18-24-15-6-4-3-5-13(15)19(26)25-18/h3-6,10-12H,7-9H2,1-2H3,(H,24,25,26)/t11-,12-/m1/s1. The first-order valence-corrected chi connectivity index (χ1v) is 11.2. The number of thiophene rings is 1. The van der Waals surface area contributed by atoms with Gasteiger partial charge >= 0.3 is 0 Å². The van der Waals surface area contributed by atoms with Gasteiger partial charge in [-0.1, -0.05) is 30.8 Å². The van der Waals surface area contributed by atoms with E-state index >= 15 is 0 Å². The Balaban J connectivity index is 1.54. The maximum atomic E-state index is 12.4. The Kier molecular flexibility index (Phi) is 4.44. The summed E-state index contributed by atoms with van der Waals surface area (Å²) in [5, 5.41) is 2.79. The third-order valence-electron chi connectivity index (χ3n) is 5.36. The van der Waals surface area contributed by atoms with Crippen LogP contribution in [0.2, 0.25) is 0 Å². The fraction of sp³-hybridized carbons (Fsp3) is 0.333. The van der Waals surface area contributed by atoms with Crippen molar-refractivity contribution in [3.63, 3.8) is 0 Å². The normalized spacial score (nSPS) is 17.7. The van der Waals surface area contributed by atoms with Crippen LogP contribution in [0.3, 0.4) is 0 Å². The molecule has 5 rings (SSSR count). The summed E-state index contributed by atoms with van der Waals surface area (Å²) in [5.41, 5.74) is 2.06. The van der Waals surface area contributed by atoms with Crippen molar-refractivity contribution in [3.05, 3.63) is 57.2 Å². The van der Waals surface area contributed by atoms with Crippen molar-refractivity contribution < 1.29 is 0 Å². The molecular formula is C21H20N4OS2. The molecule has 0 bridgehead atoms. The van der Waals surface area contributed by atoms with Gasteiger partial charge in [-0.05, 0) is 49.8 Å². The Bertz CT molecular complexity index is 1250. The number of aromatic nitrogens is 4. The van der Waals surface area contributed by atoms with Gasteiger partial charge in [0.15, 0.2) is 0 Å². The number of thioether (sulfide) groups is 1. The van der Waals surface area contributed by atoms with Gasteiger partial charge in [-0.25, -0.2) is 15.0 Å². The number of rotatable bonds is 3. The number of hydrogen-bond acceptors (Lipinski definition) is 6. The molecular weight excluding hydrogens is 388 g/mol. The van der Waals surface area contributed by atoms with Crippen molar-refractivity contribution in [3.8, 4) is 0 Å². The van der Waals surface area contributed by atoms with E-state index in [2.05, 4.69) is 33.8 Å². The highest BCUT2D eigenvalue weighted by Crippen LogP contribution is 2.43. The van der Waals surface area contributed by atoms with Gasteiger partial charge < -0.3 is 4.98 Å². The molecule has 3 aromatic heterocycles. The van der Waals surface area contributed by atoms with Gasteiger partial charge in [0.2, 0.25) is 0 Å². The zero-order valence-corrected chi connectivity index (χ0v) is 17.4. The van der Waals surface area contributed by atoms with Crippen LogP contribution in [0.4, 0.5) is 0 Å². The van der Waals surface area contributed by atoms with E-state index in [9.17, 15) is 4.79 Å². The Morgan fingerprint density at radius 3 is 3.04 bits per heavy atom. The molecule has 1 aliphatic rings. The molecule has 0 unspecified atom stereocenters. The summed E-state index contributed by atoms with van der Waals surface area (Å²) in [5.74, 6) is 1.41. The summed E-state index contributed by atoms with van der Waals surface area (Å²) in [6.45, 7) is 4.38. The van der Waals surface area contributed by atoms with Crippen molar-refractivity contribution >= 4 is 44.2 Å². The van der Waals surface area contributed by atoms with Crippen LogP contribution in [-0.2, 0) is 12.8 Å². The smallest absolute Gasteiger partial charge is 0.258 e. The Morgan fingerprint density at radius 1 is 1.29 bits per heavy atom. The zero-order chi connectivity index (χ0) is 19.3. The number of fused-ring (bicyclic) bond motifs is 4. The number of H-pyrrole nitrogens is 1. The summed E-state index contributed by atoms with van der Waals surface area (Å²) in [6.07, 6.45) is 5.10. The molecule has 1 aliphatic carbocycles. The number of benzene rings is 1. The van der Waals surface area contributed by atoms with Crippen molar-refractivity contribution in [1.82, 2.24) is 19.9 Å². The molecule has 2 atom stereocenters. The third kappa shape index (κ3) is 3.02. The highest BCUT2D eigenvalue weighted by Gasteiger charge is 2.24. The van der Waals surface area contributed by atoms with Gasteiger partial charge in [-0.3, -0.25) is 4.79 Å². The molecule has 0 amide bonds. The predicted molar refractivity (Wildman–Crippen MR) is 115 cm³/mol. The van der Waals surface area contributed by atoms with Gasteiger partial charge in [-0.15, -0.1) is 11.3 Å². The average molecular weight is 409 g/mol. The maximum Gasteiger partial charge on any atom is 0.258 e. The molecule has 0 saturated carbocycles. The van der Waals surface area contributed by atoms with E-state index in [0.717, 1.165) is 34.1 Å².